The van der Waals surface area contributed by atoms with Gasteiger partial charge in [-0.1, -0.05) is 60.7 Å². The largest absolute Gasteiger partial charge is 0.356 e. The summed E-state index contributed by atoms with van der Waals surface area (Å²) in [7, 11) is 0. The number of carbonyl (C=O) groups is 1. The predicted octanol–water partition coefficient (Wildman–Crippen LogP) is 4.10. The van der Waals surface area contributed by atoms with E-state index in [1.165, 1.54) is 5.56 Å². The average Bonchev–Trinajstić information content (AvgIpc) is 3.19. The number of benzene rings is 2. The van der Waals surface area contributed by atoms with Crippen LogP contribution in [0, 0.1) is 0 Å². The topological polar surface area (TPSA) is 32.8 Å². The van der Waals surface area contributed by atoms with Crippen LogP contribution < -0.4 is 0 Å². The third-order valence-corrected chi connectivity index (χ3v) is 6.10. The van der Waals surface area contributed by atoms with Gasteiger partial charge in [-0.2, -0.15) is 0 Å². The van der Waals surface area contributed by atoms with E-state index < -0.39 is 0 Å². The number of rotatable bonds is 5. The molecule has 2 aromatic carbocycles. The summed E-state index contributed by atoms with van der Waals surface area (Å²) < 4.78 is 6.01. The molecule has 25 heavy (non-hydrogen) atoms. The highest BCUT2D eigenvalue weighted by Crippen LogP contribution is 2.47. The average molecular weight is 354 g/mol. The lowest BCUT2D eigenvalue weighted by atomic mass is 10.2. The first-order chi connectivity index (χ1) is 12.3. The summed E-state index contributed by atoms with van der Waals surface area (Å²) >= 11 is 1.83. The van der Waals surface area contributed by atoms with Crippen LogP contribution in [0.25, 0.3) is 0 Å². The molecule has 4 nitrogen and oxygen atoms in total. The van der Waals surface area contributed by atoms with Crippen LogP contribution >= 0.6 is 11.8 Å². The van der Waals surface area contributed by atoms with Gasteiger partial charge in [0.1, 0.15) is 5.37 Å². The third-order valence-electron chi connectivity index (χ3n) is 4.76. The second-order valence-corrected chi connectivity index (χ2v) is 7.43. The minimum absolute atomic E-state index is 0.0717. The standard InChI is InChI=1S/C20H22N2O2S/c1-2-24-18-17-14-25-19(16-11-7-4-8-12-16)22(17)20(23)21(18)13-15-9-5-3-6-10-15/h3-12,17-19H,2,13-14H2,1H3/t17-,18?,19?/m0/s1. The molecule has 0 aromatic heterocycles. The summed E-state index contributed by atoms with van der Waals surface area (Å²) in [4.78, 5) is 17.1. The Morgan fingerprint density at radius 1 is 1.08 bits per heavy atom. The molecule has 2 fully saturated rings. The van der Waals surface area contributed by atoms with Gasteiger partial charge in [-0.05, 0) is 18.1 Å². The van der Waals surface area contributed by atoms with Crippen molar-refractivity contribution in [1.82, 2.24) is 9.80 Å². The molecule has 0 bridgehead atoms. The van der Waals surface area contributed by atoms with E-state index in [9.17, 15) is 4.79 Å². The van der Waals surface area contributed by atoms with Gasteiger partial charge in [0, 0.05) is 12.4 Å². The molecular formula is C20H22N2O2S. The monoisotopic (exact) mass is 354 g/mol. The molecule has 2 amide bonds. The van der Waals surface area contributed by atoms with Crippen LogP contribution in [-0.4, -0.2) is 40.5 Å². The van der Waals surface area contributed by atoms with Crippen LogP contribution in [0.5, 0.6) is 0 Å². The molecule has 0 saturated carbocycles. The highest BCUT2D eigenvalue weighted by molar-refractivity contribution is 7.99. The molecule has 3 atom stereocenters. The lowest BCUT2D eigenvalue weighted by Crippen LogP contribution is -2.39. The van der Waals surface area contributed by atoms with E-state index in [0.717, 1.165) is 11.3 Å². The highest BCUT2D eigenvalue weighted by Gasteiger charge is 2.53. The quantitative estimate of drug-likeness (QED) is 0.810. The van der Waals surface area contributed by atoms with Gasteiger partial charge in [-0.3, -0.25) is 4.90 Å². The van der Waals surface area contributed by atoms with Crippen molar-refractivity contribution in [3.05, 3.63) is 71.8 Å². The molecule has 4 rings (SSSR count). The van der Waals surface area contributed by atoms with E-state index in [2.05, 4.69) is 24.3 Å². The van der Waals surface area contributed by atoms with Crippen molar-refractivity contribution >= 4 is 17.8 Å². The van der Waals surface area contributed by atoms with E-state index >= 15 is 0 Å². The van der Waals surface area contributed by atoms with E-state index in [1.807, 2.05) is 64.9 Å². The molecule has 2 aromatic rings. The second-order valence-electron chi connectivity index (χ2n) is 6.31. The molecule has 2 saturated heterocycles. The van der Waals surface area contributed by atoms with Crippen molar-refractivity contribution < 1.29 is 9.53 Å². The number of ether oxygens (including phenoxy) is 1. The van der Waals surface area contributed by atoms with Gasteiger partial charge in [0.15, 0.2) is 6.23 Å². The van der Waals surface area contributed by atoms with Crippen molar-refractivity contribution in [3.63, 3.8) is 0 Å². The SMILES string of the molecule is CCOC1[C@@H]2CSC(c3ccccc3)N2C(=O)N1Cc1ccccc1. The third kappa shape index (κ3) is 3.02. The number of carbonyl (C=O) groups excluding carboxylic acids is 1. The summed E-state index contributed by atoms with van der Waals surface area (Å²) in [6.07, 6.45) is -0.182. The van der Waals surface area contributed by atoms with Crippen molar-refractivity contribution in [1.29, 1.82) is 0 Å². The summed E-state index contributed by atoms with van der Waals surface area (Å²) in [5.41, 5.74) is 2.31. The Morgan fingerprint density at radius 2 is 1.76 bits per heavy atom. The summed E-state index contributed by atoms with van der Waals surface area (Å²) in [6, 6.07) is 20.6. The Kier molecular flexibility index (Phi) is 4.68. The Labute approximate surface area is 152 Å². The van der Waals surface area contributed by atoms with Gasteiger partial charge < -0.3 is 9.64 Å². The summed E-state index contributed by atoms with van der Waals surface area (Å²) in [5, 5.41) is 0.0717. The maximum atomic E-state index is 13.2. The molecule has 5 heteroatoms. The predicted molar refractivity (Wildman–Crippen MR) is 100 cm³/mol. The molecule has 0 N–H and O–H groups in total. The van der Waals surface area contributed by atoms with E-state index in [-0.39, 0.29) is 23.7 Å². The van der Waals surface area contributed by atoms with Crippen LogP contribution in [0.2, 0.25) is 0 Å². The first-order valence-electron chi connectivity index (χ1n) is 8.70. The zero-order valence-electron chi connectivity index (χ0n) is 14.2. The number of amides is 2. The molecule has 2 aliphatic heterocycles. The second kappa shape index (κ2) is 7.10. The zero-order chi connectivity index (χ0) is 17.2. The number of thioether (sulfide) groups is 1. The van der Waals surface area contributed by atoms with Gasteiger partial charge >= 0.3 is 6.03 Å². The fourth-order valence-corrected chi connectivity index (χ4v) is 5.10. The molecule has 2 heterocycles. The maximum Gasteiger partial charge on any atom is 0.324 e. The van der Waals surface area contributed by atoms with Gasteiger partial charge in [0.2, 0.25) is 0 Å². The summed E-state index contributed by atoms with van der Waals surface area (Å²) in [6.45, 7) is 3.18. The Morgan fingerprint density at radius 3 is 2.44 bits per heavy atom. The van der Waals surface area contributed by atoms with E-state index in [1.54, 1.807) is 0 Å². The van der Waals surface area contributed by atoms with Crippen molar-refractivity contribution in [2.45, 2.75) is 31.1 Å². The van der Waals surface area contributed by atoms with Crippen LogP contribution in [0.1, 0.15) is 23.4 Å². The lowest BCUT2D eigenvalue weighted by molar-refractivity contribution is -0.0313. The summed E-state index contributed by atoms with van der Waals surface area (Å²) in [5.74, 6) is 0.904. The number of urea groups is 1. The van der Waals surface area contributed by atoms with E-state index in [0.29, 0.717) is 13.2 Å². The minimum Gasteiger partial charge on any atom is -0.356 e. The highest BCUT2D eigenvalue weighted by atomic mass is 32.2. The Bertz CT molecular complexity index is 725. The van der Waals surface area contributed by atoms with Crippen LogP contribution in [0.4, 0.5) is 4.79 Å². The Hall–Kier alpha value is -1.98. The van der Waals surface area contributed by atoms with Gasteiger partial charge in [0.05, 0.1) is 12.6 Å². The fourth-order valence-electron chi connectivity index (χ4n) is 3.64. The van der Waals surface area contributed by atoms with Crippen LogP contribution in [-0.2, 0) is 11.3 Å². The molecular weight excluding hydrogens is 332 g/mol. The molecule has 130 valence electrons. The smallest absolute Gasteiger partial charge is 0.324 e. The number of hydrogen-bond acceptors (Lipinski definition) is 3. The molecule has 0 spiro atoms. The van der Waals surface area contributed by atoms with Crippen molar-refractivity contribution in [2.75, 3.05) is 12.4 Å². The van der Waals surface area contributed by atoms with Gasteiger partial charge in [-0.15, -0.1) is 11.8 Å². The molecule has 2 aliphatic rings. The molecule has 2 unspecified atom stereocenters. The van der Waals surface area contributed by atoms with Crippen molar-refractivity contribution in [3.8, 4) is 0 Å². The minimum atomic E-state index is -0.182. The maximum absolute atomic E-state index is 13.2. The molecule has 0 aliphatic carbocycles. The Balaban J connectivity index is 1.62. The molecule has 0 radical (unpaired) electrons. The van der Waals surface area contributed by atoms with Gasteiger partial charge in [-0.25, -0.2) is 4.79 Å². The van der Waals surface area contributed by atoms with E-state index in [4.69, 9.17) is 4.74 Å². The van der Waals surface area contributed by atoms with Crippen molar-refractivity contribution in [2.24, 2.45) is 0 Å². The number of nitrogens with zero attached hydrogens (tertiary/aromatic N) is 2. The number of hydrogen-bond donors (Lipinski definition) is 0. The first kappa shape index (κ1) is 16.5. The first-order valence-corrected chi connectivity index (χ1v) is 9.75. The normalized spacial score (nSPS) is 25.5. The lowest BCUT2D eigenvalue weighted by Gasteiger charge is -2.25. The number of fused-ring (bicyclic) bond motifs is 1. The zero-order valence-corrected chi connectivity index (χ0v) is 15.1. The van der Waals surface area contributed by atoms with Crippen LogP contribution in [0.15, 0.2) is 60.7 Å². The fraction of sp³-hybridized carbons (Fsp3) is 0.350. The van der Waals surface area contributed by atoms with Crippen LogP contribution in [0.3, 0.4) is 0 Å². The van der Waals surface area contributed by atoms with Gasteiger partial charge in [0.25, 0.3) is 0 Å².